The maximum atomic E-state index is 13.4. The van der Waals surface area contributed by atoms with Crippen molar-refractivity contribution in [2.24, 2.45) is 0 Å². The molecule has 0 aliphatic carbocycles. The number of ether oxygens (including phenoxy) is 1. The van der Waals surface area contributed by atoms with E-state index in [2.05, 4.69) is 20.4 Å². The van der Waals surface area contributed by atoms with Crippen LogP contribution >= 0.6 is 0 Å². The van der Waals surface area contributed by atoms with E-state index in [0.717, 1.165) is 17.7 Å². The van der Waals surface area contributed by atoms with Gasteiger partial charge in [0.05, 0.1) is 25.0 Å². The molecule has 0 amide bonds. The number of hydrogen-bond donors (Lipinski definition) is 2. The van der Waals surface area contributed by atoms with Gasteiger partial charge in [-0.15, -0.1) is 0 Å². The molecule has 12 heteroatoms. The zero-order valence-corrected chi connectivity index (χ0v) is 19.2. The molecule has 0 bridgehead atoms. The highest BCUT2D eigenvalue weighted by atomic mass is 19.2. The number of methoxy groups -OCH3 is 1. The molecule has 1 aromatic carbocycles. The summed E-state index contributed by atoms with van der Waals surface area (Å²) in [6, 6.07) is 1.56. The van der Waals surface area contributed by atoms with Crippen molar-refractivity contribution in [3.8, 4) is 0 Å². The predicted molar refractivity (Wildman–Crippen MR) is 120 cm³/mol. The highest BCUT2D eigenvalue weighted by Crippen LogP contribution is 2.35. The molecule has 0 spiro atoms. The number of hydrogen-bond acceptors (Lipinski definition) is 8. The molecular weight excluding hydrogens is 451 g/mol. The van der Waals surface area contributed by atoms with Crippen molar-refractivity contribution in [1.82, 2.24) is 19.7 Å². The van der Waals surface area contributed by atoms with Crippen LogP contribution in [0.25, 0.3) is 0 Å². The Bertz CT molecular complexity index is 1150. The topological polar surface area (TPSA) is 91.6 Å². The van der Waals surface area contributed by atoms with E-state index in [1.807, 2.05) is 18.9 Å². The minimum absolute atomic E-state index is 0.0853. The van der Waals surface area contributed by atoms with Gasteiger partial charge in [0.25, 0.3) is 0 Å². The largest absolute Gasteiger partial charge is 0.379 e. The Morgan fingerprint density at radius 1 is 1.12 bits per heavy atom. The average molecular weight is 477 g/mol. The summed E-state index contributed by atoms with van der Waals surface area (Å²) in [5.74, 6) is -2.93. The first-order valence-corrected chi connectivity index (χ1v) is 10.6. The van der Waals surface area contributed by atoms with Crippen molar-refractivity contribution in [1.29, 1.82) is 0 Å². The highest BCUT2D eigenvalue weighted by Gasteiger charge is 2.39. The lowest BCUT2D eigenvalue weighted by atomic mass is 10.1. The van der Waals surface area contributed by atoms with Crippen LogP contribution in [0, 0.1) is 17.5 Å². The lowest BCUT2D eigenvalue weighted by Crippen LogP contribution is -2.59. The monoisotopic (exact) mass is 477 g/mol. The molecule has 1 aliphatic rings. The second kappa shape index (κ2) is 9.47. The maximum absolute atomic E-state index is 13.4. The maximum Gasteiger partial charge on any atom is 0.225 e. The standard InChI is InChI=1S/C22H26F3N7O2/c1-12(34-4)19-21(33)30(2)17-9-27-22(29-20(17)31(19)3)26-7-14-8-28-32(11-14)10-13-5-15(23)18(25)16(24)6-13/h5-6,8-9,11-12,19,21,33H,7,10H2,1-4H3,(H,26,27,29)/t12-,19+,21?/m1/s1. The molecule has 0 radical (unpaired) electrons. The molecule has 4 rings (SSSR count). The molecule has 0 saturated heterocycles. The molecule has 3 atom stereocenters. The van der Waals surface area contributed by atoms with Gasteiger partial charge in [-0.1, -0.05) is 0 Å². The first-order valence-electron chi connectivity index (χ1n) is 10.6. The summed E-state index contributed by atoms with van der Waals surface area (Å²) in [4.78, 5) is 12.5. The van der Waals surface area contributed by atoms with E-state index in [1.54, 1.807) is 37.6 Å². The predicted octanol–water partition coefficient (Wildman–Crippen LogP) is 2.36. The SMILES string of the molecule is CO[C@H](C)[C@H]1C(O)N(C)c2cnc(NCc3cnn(Cc4cc(F)c(F)c(F)c4)c3)nc2N1C. The third-order valence-electron chi connectivity index (χ3n) is 5.99. The summed E-state index contributed by atoms with van der Waals surface area (Å²) >= 11 is 0. The zero-order chi connectivity index (χ0) is 24.6. The van der Waals surface area contributed by atoms with Crippen molar-refractivity contribution in [3.63, 3.8) is 0 Å². The van der Waals surface area contributed by atoms with Gasteiger partial charge in [0.15, 0.2) is 23.3 Å². The van der Waals surface area contributed by atoms with Gasteiger partial charge in [-0.3, -0.25) is 4.68 Å². The van der Waals surface area contributed by atoms with Gasteiger partial charge in [0, 0.05) is 39.5 Å². The molecule has 0 saturated carbocycles. The number of rotatable bonds is 7. The molecule has 182 valence electrons. The lowest BCUT2D eigenvalue weighted by Gasteiger charge is -2.45. The van der Waals surface area contributed by atoms with Gasteiger partial charge in [0.1, 0.15) is 18.0 Å². The molecule has 0 fully saturated rings. The van der Waals surface area contributed by atoms with Crippen molar-refractivity contribution < 1.29 is 23.0 Å². The number of nitrogens with zero attached hydrogens (tertiary/aromatic N) is 6. The second-order valence-electron chi connectivity index (χ2n) is 8.24. The Kier molecular flexibility index (Phi) is 6.62. The summed E-state index contributed by atoms with van der Waals surface area (Å²) in [6.07, 6.45) is 3.92. The second-order valence-corrected chi connectivity index (χ2v) is 8.24. The first-order chi connectivity index (χ1) is 16.2. The normalized spacial score (nSPS) is 18.7. The number of nitrogens with one attached hydrogen (secondary N) is 1. The fraction of sp³-hybridized carbons (Fsp3) is 0.409. The van der Waals surface area contributed by atoms with Gasteiger partial charge in [0.2, 0.25) is 5.95 Å². The van der Waals surface area contributed by atoms with E-state index in [0.29, 0.717) is 24.0 Å². The Labute approximate surface area is 194 Å². The molecular formula is C22H26F3N7O2. The zero-order valence-electron chi connectivity index (χ0n) is 19.2. The molecule has 3 heterocycles. The Morgan fingerprint density at radius 3 is 2.50 bits per heavy atom. The summed E-state index contributed by atoms with van der Waals surface area (Å²) < 4.78 is 47.0. The van der Waals surface area contributed by atoms with Crippen molar-refractivity contribution >= 4 is 17.5 Å². The van der Waals surface area contributed by atoms with Crippen LogP contribution in [0.3, 0.4) is 0 Å². The fourth-order valence-electron chi connectivity index (χ4n) is 4.02. The Balaban J connectivity index is 1.45. The van der Waals surface area contributed by atoms with Gasteiger partial charge >= 0.3 is 0 Å². The van der Waals surface area contributed by atoms with E-state index in [4.69, 9.17) is 4.74 Å². The van der Waals surface area contributed by atoms with Crippen LogP contribution in [0.5, 0.6) is 0 Å². The Morgan fingerprint density at radius 2 is 1.82 bits per heavy atom. The van der Waals surface area contributed by atoms with Gasteiger partial charge in [-0.2, -0.15) is 10.1 Å². The summed E-state index contributed by atoms with van der Waals surface area (Å²) in [6.45, 7) is 2.32. The van der Waals surface area contributed by atoms with Gasteiger partial charge in [-0.25, -0.2) is 18.2 Å². The molecule has 1 unspecified atom stereocenters. The lowest BCUT2D eigenvalue weighted by molar-refractivity contribution is 0.0303. The van der Waals surface area contributed by atoms with Crippen LogP contribution in [0.1, 0.15) is 18.1 Å². The van der Waals surface area contributed by atoms with Crippen molar-refractivity contribution in [2.45, 2.75) is 38.4 Å². The molecule has 3 aromatic rings. The number of halogens is 3. The number of benzene rings is 1. The average Bonchev–Trinajstić information content (AvgIpc) is 3.26. The van der Waals surface area contributed by atoms with Crippen LogP contribution in [-0.4, -0.2) is 64.4 Å². The number of anilines is 3. The number of aliphatic hydroxyl groups excluding tert-OH is 1. The van der Waals surface area contributed by atoms with Crippen molar-refractivity contribution in [2.75, 3.05) is 36.3 Å². The van der Waals surface area contributed by atoms with E-state index < -0.39 is 23.7 Å². The summed E-state index contributed by atoms with van der Waals surface area (Å²) in [5, 5.41) is 18.0. The number of aromatic nitrogens is 4. The molecule has 9 nitrogen and oxygen atoms in total. The minimum atomic E-state index is -1.49. The third-order valence-corrected chi connectivity index (χ3v) is 5.99. The molecule has 2 aromatic heterocycles. The first kappa shape index (κ1) is 23.8. The number of likely N-dealkylation sites (N-methyl/N-ethyl adjacent to an activating group) is 2. The smallest absolute Gasteiger partial charge is 0.225 e. The quantitative estimate of drug-likeness (QED) is 0.502. The summed E-state index contributed by atoms with van der Waals surface area (Å²) in [7, 11) is 5.21. The van der Waals surface area contributed by atoms with Gasteiger partial charge in [-0.05, 0) is 24.6 Å². The third kappa shape index (κ3) is 4.50. The highest BCUT2D eigenvalue weighted by molar-refractivity contribution is 5.70. The molecule has 2 N–H and O–H groups in total. The van der Waals surface area contributed by atoms with E-state index in [9.17, 15) is 18.3 Å². The van der Waals surface area contributed by atoms with Crippen LogP contribution in [-0.2, 0) is 17.8 Å². The fourth-order valence-corrected chi connectivity index (χ4v) is 4.02. The number of fused-ring (bicyclic) bond motifs is 1. The number of aliphatic hydroxyl groups is 1. The van der Waals surface area contributed by atoms with E-state index in [1.165, 1.54) is 4.68 Å². The van der Waals surface area contributed by atoms with E-state index >= 15 is 0 Å². The van der Waals surface area contributed by atoms with Gasteiger partial charge < -0.3 is 25.0 Å². The molecule has 1 aliphatic heterocycles. The van der Waals surface area contributed by atoms with Crippen molar-refractivity contribution in [3.05, 3.63) is 59.3 Å². The van der Waals surface area contributed by atoms with E-state index in [-0.39, 0.29) is 24.3 Å². The van der Waals surface area contributed by atoms with Crippen LogP contribution in [0.4, 0.5) is 30.6 Å². The van der Waals surface area contributed by atoms with Crippen LogP contribution in [0.2, 0.25) is 0 Å². The molecule has 34 heavy (non-hydrogen) atoms. The van der Waals surface area contributed by atoms with Crippen LogP contribution in [0.15, 0.2) is 30.7 Å². The Hall–Kier alpha value is -3.38. The van der Waals surface area contributed by atoms with Crippen LogP contribution < -0.4 is 15.1 Å². The minimum Gasteiger partial charge on any atom is -0.379 e. The summed E-state index contributed by atoms with van der Waals surface area (Å²) in [5.41, 5.74) is 1.73.